The maximum atomic E-state index is 10.3. The minimum Gasteiger partial charge on any atom is -0.473 e. The van der Waals surface area contributed by atoms with Gasteiger partial charge in [-0.1, -0.05) is 39.3 Å². The molecule has 0 amide bonds. The molecule has 1 saturated heterocycles. The molecular formula is C31H42N8O2. The van der Waals surface area contributed by atoms with Crippen LogP contribution in [0.25, 0.3) is 22.2 Å². The van der Waals surface area contributed by atoms with Gasteiger partial charge in [-0.05, 0) is 61.8 Å². The van der Waals surface area contributed by atoms with Crippen LogP contribution in [0.2, 0.25) is 0 Å². The molecule has 5 N–H and O–H groups in total. The van der Waals surface area contributed by atoms with Crippen LogP contribution in [0.1, 0.15) is 90.9 Å². The van der Waals surface area contributed by atoms with E-state index < -0.39 is 6.10 Å². The van der Waals surface area contributed by atoms with E-state index in [-0.39, 0.29) is 11.6 Å². The summed E-state index contributed by atoms with van der Waals surface area (Å²) in [5.74, 6) is 2.74. The molecule has 1 aliphatic carbocycles. The lowest BCUT2D eigenvalue weighted by atomic mass is 9.81. The second-order valence-corrected chi connectivity index (χ2v) is 12.5. The van der Waals surface area contributed by atoms with E-state index >= 15 is 0 Å². The van der Waals surface area contributed by atoms with Crippen LogP contribution in [-0.2, 0) is 10.2 Å². The third kappa shape index (κ3) is 6.53. The zero-order valence-electron chi connectivity index (χ0n) is 24.8. The summed E-state index contributed by atoms with van der Waals surface area (Å²) in [5.41, 5.74) is 11.7. The summed E-state index contributed by atoms with van der Waals surface area (Å²) in [7, 11) is 0. The number of ether oxygens (including phenoxy) is 1. The molecule has 2 atom stereocenters. The number of nitrogens with two attached hydrogens (primary N) is 1. The molecule has 1 saturated carbocycles. The van der Waals surface area contributed by atoms with Crippen molar-refractivity contribution in [1.82, 2.24) is 34.8 Å². The van der Waals surface area contributed by atoms with Crippen LogP contribution in [0.3, 0.4) is 0 Å². The number of aliphatic hydroxyl groups is 1. The van der Waals surface area contributed by atoms with Gasteiger partial charge in [0.05, 0.1) is 11.0 Å². The van der Waals surface area contributed by atoms with Crippen LogP contribution in [0.5, 0.6) is 0 Å². The molecule has 4 heterocycles. The largest absolute Gasteiger partial charge is 0.473 e. The number of aromatic amines is 1. The van der Waals surface area contributed by atoms with Crippen molar-refractivity contribution in [3.05, 3.63) is 65.8 Å². The molecular weight excluding hydrogens is 516 g/mol. The van der Waals surface area contributed by atoms with Crippen molar-refractivity contribution in [2.75, 3.05) is 5.73 Å². The molecule has 4 aromatic rings. The van der Waals surface area contributed by atoms with Gasteiger partial charge in [-0.3, -0.25) is 4.57 Å². The zero-order chi connectivity index (χ0) is 29.3. The zero-order valence-corrected chi connectivity index (χ0v) is 24.8. The maximum absolute atomic E-state index is 10.3. The highest BCUT2D eigenvalue weighted by atomic mass is 16.5. The molecule has 2 fully saturated rings. The lowest BCUT2D eigenvalue weighted by molar-refractivity contribution is 0.100. The minimum absolute atomic E-state index is 0.0884. The Bertz CT molecular complexity index is 1570. The normalized spacial score (nSPS) is 20.6. The number of rotatable bonds is 5. The number of nitrogens with zero attached hydrogens (tertiary/aromatic N) is 5. The van der Waals surface area contributed by atoms with E-state index in [1.807, 2.05) is 22.9 Å². The first kappa shape index (κ1) is 28.6. The van der Waals surface area contributed by atoms with Crippen LogP contribution in [0.15, 0.2) is 54.5 Å². The third-order valence-corrected chi connectivity index (χ3v) is 7.46. The molecule has 10 heteroatoms. The number of fused-ring (bicyclic) bond motifs is 2. The smallest absolute Gasteiger partial charge is 0.178 e. The van der Waals surface area contributed by atoms with E-state index in [1.165, 1.54) is 17.5 Å². The summed E-state index contributed by atoms with van der Waals surface area (Å²) in [5, 5.41) is 13.5. The average molecular weight is 559 g/mol. The molecule has 6 rings (SSSR count). The van der Waals surface area contributed by atoms with Gasteiger partial charge in [0.2, 0.25) is 0 Å². The predicted molar refractivity (Wildman–Crippen MR) is 162 cm³/mol. The van der Waals surface area contributed by atoms with Gasteiger partial charge < -0.3 is 25.9 Å². The van der Waals surface area contributed by atoms with Gasteiger partial charge in [0.1, 0.15) is 35.9 Å². The van der Waals surface area contributed by atoms with E-state index in [4.69, 9.17) is 10.5 Å². The molecule has 0 radical (unpaired) electrons. The summed E-state index contributed by atoms with van der Waals surface area (Å²) < 4.78 is 7.83. The van der Waals surface area contributed by atoms with Crippen molar-refractivity contribution in [2.24, 2.45) is 5.92 Å². The molecule has 3 aromatic heterocycles. The summed E-state index contributed by atoms with van der Waals surface area (Å²) in [6.45, 7) is 13.0. The van der Waals surface area contributed by atoms with Crippen LogP contribution in [0.4, 0.5) is 5.82 Å². The molecule has 2 unspecified atom stereocenters. The lowest BCUT2D eigenvalue weighted by Gasteiger charge is -2.26. The molecule has 1 aliphatic heterocycles. The van der Waals surface area contributed by atoms with Crippen molar-refractivity contribution >= 4 is 28.0 Å². The standard InChI is InChI=1S/C18H24N2O.C13H18N6O/c1-11-7-12(8-11)9-16(21)17-19-14-6-5-13(18(2,3)4)10-15(14)20-17;1-8(2)15-5-9-3-4-10(20-9)19-7-18-11-12(14)16-6-17-13(11)19/h5-6,9-11,16,21H,7-8H2,1-4H3,(H,19,20);5-8,10,15H,3-4H2,1-2H3,(H2,14,16,17)/b;9-5+. The van der Waals surface area contributed by atoms with Gasteiger partial charge in [-0.2, -0.15) is 0 Å². The number of anilines is 1. The fraction of sp³-hybridized carbons (Fsp3) is 0.484. The first-order valence-corrected chi connectivity index (χ1v) is 14.4. The number of aliphatic hydroxyl groups excluding tert-OH is 1. The van der Waals surface area contributed by atoms with Crippen molar-refractivity contribution in [3.63, 3.8) is 0 Å². The van der Waals surface area contributed by atoms with Crippen molar-refractivity contribution in [3.8, 4) is 0 Å². The summed E-state index contributed by atoms with van der Waals surface area (Å²) >= 11 is 0. The van der Waals surface area contributed by atoms with E-state index in [1.54, 1.807) is 6.33 Å². The molecule has 41 heavy (non-hydrogen) atoms. The SMILES string of the molecule is CC(C)N/C=C1\CCC(n2cnc3c(N)ncnc32)O1.CC1CC(=CC(O)c2nc3ccc(C(C)(C)C)cc3[nH]2)C1. The Morgan fingerprint density at radius 1 is 1.20 bits per heavy atom. The Hall–Kier alpha value is -3.92. The number of nitrogens with one attached hydrogen (secondary N) is 2. The van der Waals surface area contributed by atoms with E-state index in [9.17, 15) is 5.11 Å². The summed E-state index contributed by atoms with van der Waals surface area (Å²) in [6.07, 6.45) is 10.3. The highest BCUT2D eigenvalue weighted by Crippen LogP contribution is 2.35. The van der Waals surface area contributed by atoms with Gasteiger partial charge in [-0.15, -0.1) is 0 Å². The van der Waals surface area contributed by atoms with E-state index in [0.29, 0.717) is 28.8 Å². The number of aromatic nitrogens is 6. The predicted octanol–water partition coefficient (Wildman–Crippen LogP) is 5.81. The Kier molecular flexibility index (Phi) is 8.04. The van der Waals surface area contributed by atoms with Crippen molar-refractivity contribution < 1.29 is 9.84 Å². The first-order valence-electron chi connectivity index (χ1n) is 14.4. The van der Waals surface area contributed by atoms with E-state index in [0.717, 1.165) is 48.4 Å². The first-order chi connectivity index (χ1) is 19.5. The van der Waals surface area contributed by atoms with Crippen molar-refractivity contribution in [2.45, 2.75) is 91.0 Å². The molecule has 218 valence electrons. The molecule has 10 nitrogen and oxygen atoms in total. The number of H-pyrrole nitrogens is 1. The third-order valence-electron chi connectivity index (χ3n) is 7.46. The Labute approximate surface area is 241 Å². The number of imidazole rings is 2. The van der Waals surface area contributed by atoms with Gasteiger partial charge in [-0.25, -0.2) is 19.9 Å². The topological polar surface area (TPSA) is 140 Å². The molecule has 0 bridgehead atoms. The molecule has 2 aliphatic rings. The van der Waals surface area contributed by atoms with Gasteiger partial charge >= 0.3 is 0 Å². The average Bonchev–Trinajstić information content (AvgIpc) is 3.64. The molecule has 1 aromatic carbocycles. The summed E-state index contributed by atoms with van der Waals surface area (Å²) in [4.78, 5) is 20.2. The molecule has 0 spiro atoms. The number of benzene rings is 1. The van der Waals surface area contributed by atoms with Gasteiger partial charge in [0.15, 0.2) is 17.7 Å². The maximum Gasteiger partial charge on any atom is 0.178 e. The number of hydrogen-bond acceptors (Lipinski definition) is 8. The number of nitrogen functional groups attached to an aromatic ring is 1. The summed E-state index contributed by atoms with van der Waals surface area (Å²) in [6, 6.07) is 6.68. The lowest BCUT2D eigenvalue weighted by Crippen LogP contribution is -2.16. The van der Waals surface area contributed by atoms with Crippen LogP contribution >= 0.6 is 0 Å². The number of allylic oxidation sites excluding steroid dienone is 2. The highest BCUT2D eigenvalue weighted by Gasteiger charge is 2.25. The van der Waals surface area contributed by atoms with E-state index in [2.05, 4.69) is 83.9 Å². The second kappa shape index (κ2) is 11.5. The van der Waals surface area contributed by atoms with Crippen LogP contribution in [0, 0.1) is 5.92 Å². The van der Waals surface area contributed by atoms with Gasteiger partial charge in [0, 0.05) is 25.1 Å². The van der Waals surface area contributed by atoms with Crippen LogP contribution < -0.4 is 11.1 Å². The highest BCUT2D eigenvalue weighted by molar-refractivity contribution is 5.81. The number of hydrogen-bond donors (Lipinski definition) is 4. The second-order valence-electron chi connectivity index (χ2n) is 12.5. The van der Waals surface area contributed by atoms with Crippen LogP contribution in [-0.4, -0.2) is 40.6 Å². The Balaban J connectivity index is 0.000000165. The fourth-order valence-corrected chi connectivity index (χ4v) is 5.11. The fourth-order valence-electron chi connectivity index (χ4n) is 5.11. The minimum atomic E-state index is -0.627. The van der Waals surface area contributed by atoms with Gasteiger partial charge in [0.25, 0.3) is 0 Å². The quantitative estimate of drug-likeness (QED) is 0.225. The Morgan fingerprint density at radius 3 is 2.68 bits per heavy atom. The van der Waals surface area contributed by atoms with Crippen molar-refractivity contribution in [1.29, 1.82) is 0 Å². The monoisotopic (exact) mass is 558 g/mol. The Morgan fingerprint density at radius 2 is 1.98 bits per heavy atom.